The van der Waals surface area contributed by atoms with Crippen LogP contribution in [0.1, 0.15) is 47.5 Å². The largest absolute Gasteiger partial charge is 0.393 e. The average Bonchev–Trinajstić information content (AvgIpc) is 2.20. The molecule has 0 aliphatic heterocycles. The smallest absolute Gasteiger partial charge is 0.229 e. The van der Waals surface area contributed by atoms with E-state index in [-0.39, 0.29) is 17.2 Å². The lowest BCUT2D eigenvalue weighted by atomic mass is 9.82. The summed E-state index contributed by atoms with van der Waals surface area (Å²) >= 11 is 4.93. The van der Waals surface area contributed by atoms with Gasteiger partial charge < -0.3 is 11.1 Å². The minimum absolute atomic E-state index is 0.0320. The molecule has 0 saturated heterocycles. The Morgan fingerprint density at radius 3 is 2.29 bits per heavy atom. The fourth-order valence-electron chi connectivity index (χ4n) is 1.37. The molecule has 3 N–H and O–H groups in total. The third kappa shape index (κ3) is 6.01. The van der Waals surface area contributed by atoms with Crippen LogP contribution < -0.4 is 11.1 Å². The number of thiocarbonyl (C=S) groups is 1. The van der Waals surface area contributed by atoms with Crippen LogP contribution in [0.25, 0.3) is 0 Å². The molecule has 0 saturated carbocycles. The quantitative estimate of drug-likeness (QED) is 0.720. The summed E-state index contributed by atoms with van der Waals surface area (Å²) in [6, 6.07) is 0. The van der Waals surface area contributed by atoms with Gasteiger partial charge >= 0.3 is 0 Å². The highest BCUT2D eigenvalue weighted by Crippen LogP contribution is 2.24. The molecule has 0 aliphatic carbocycles. The maximum absolute atomic E-state index is 11.9. The average molecular weight is 258 g/mol. The van der Waals surface area contributed by atoms with E-state index in [1.807, 2.05) is 6.92 Å². The molecule has 0 spiro atoms. The lowest BCUT2D eigenvalue weighted by Crippen LogP contribution is -2.41. The van der Waals surface area contributed by atoms with Gasteiger partial charge in [0.05, 0.1) is 10.9 Å². The number of carbonyl (C=O) groups excluding carboxylic acids is 1. The number of rotatable bonds is 6. The maximum atomic E-state index is 11.9. The van der Waals surface area contributed by atoms with E-state index in [4.69, 9.17) is 18.0 Å². The van der Waals surface area contributed by atoms with Crippen LogP contribution in [0, 0.1) is 17.3 Å². The lowest BCUT2D eigenvalue weighted by Gasteiger charge is -2.28. The Bertz CT molecular complexity index is 271. The summed E-state index contributed by atoms with van der Waals surface area (Å²) in [6.45, 7) is 11.3. The van der Waals surface area contributed by atoms with Gasteiger partial charge in [0.25, 0.3) is 0 Å². The topological polar surface area (TPSA) is 55.1 Å². The molecule has 0 radical (unpaired) electrons. The minimum atomic E-state index is -0.317. The van der Waals surface area contributed by atoms with Crippen LogP contribution >= 0.6 is 12.2 Å². The van der Waals surface area contributed by atoms with Gasteiger partial charge in [-0.15, -0.1) is 0 Å². The minimum Gasteiger partial charge on any atom is -0.393 e. The zero-order valence-electron chi connectivity index (χ0n) is 11.7. The van der Waals surface area contributed by atoms with Crippen molar-refractivity contribution in [3.8, 4) is 0 Å². The van der Waals surface area contributed by atoms with Crippen molar-refractivity contribution in [1.29, 1.82) is 0 Å². The van der Waals surface area contributed by atoms with E-state index in [2.05, 4.69) is 33.0 Å². The second-order valence-electron chi connectivity index (χ2n) is 5.76. The zero-order valence-corrected chi connectivity index (χ0v) is 12.5. The van der Waals surface area contributed by atoms with Gasteiger partial charge in [0, 0.05) is 6.54 Å². The van der Waals surface area contributed by atoms with Crippen LogP contribution in [0.15, 0.2) is 0 Å². The highest BCUT2D eigenvalue weighted by Gasteiger charge is 2.24. The Hall–Kier alpha value is -0.640. The first-order chi connectivity index (χ1) is 7.70. The molecule has 1 amide bonds. The Morgan fingerprint density at radius 2 is 1.94 bits per heavy atom. The first kappa shape index (κ1) is 16.4. The highest BCUT2D eigenvalue weighted by atomic mass is 32.1. The van der Waals surface area contributed by atoms with Crippen molar-refractivity contribution < 1.29 is 4.79 Å². The monoisotopic (exact) mass is 258 g/mol. The normalized spacial score (nSPS) is 15.1. The summed E-state index contributed by atoms with van der Waals surface area (Å²) < 4.78 is 0. The Morgan fingerprint density at radius 1 is 1.41 bits per heavy atom. The number of amides is 1. The molecule has 0 aromatic carbocycles. The molecule has 100 valence electrons. The fourth-order valence-corrected chi connectivity index (χ4v) is 1.60. The summed E-state index contributed by atoms with van der Waals surface area (Å²) in [5.74, 6) is 0.0673. The summed E-state index contributed by atoms with van der Waals surface area (Å²) in [5.41, 5.74) is 5.78. The van der Waals surface area contributed by atoms with Crippen molar-refractivity contribution >= 4 is 23.1 Å². The van der Waals surface area contributed by atoms with Crippen molar-refractivity contribution in [2.45, 2.75) is 47.5 Å². The van der Waals surface area contributed by atoms with Crippen LogP contribution in [0.5, 0.6) is 0 Å². The van der Waals surface area contributed by atoms with Crippen molar-refractivity contribution in [1.82, 2.24) is 5.32 Å². The van der Waals surface area contributed by atoms with Crippen molar-refractivity contribution in [2.75, 3.05) is 6.54 Å². The maximum Gasteiger partial charge on any atom is 0.229 e. The number of nitrogens with two attached hydrogens (primary N) is 1. The van der Waals surface area contributed by atoms with E-state index in [0.717, 1.165) is 12.8 Å². The first-order valence-corrected chi connectivity index (χ1v) is 6.68. The molecule has 0 heterocycles. The fraction of sp³-hybridized carbons (Fsp3) is 0.846. The number of hydrogen-bond donors (Lipinski definition) is 2. The predicted octanol–water partition coefficient (Wildman–Crippen LogP) is 2.49. The number of nitrogens with one attached hydrogen (secondary N) is 1. The van der Waals surface area contributed by atoms with E-state index in [1.54, 1.807) is 0 Å². The molecule has 0 rings (SSSR count). The molecule has 3 nitrogen and oxygen atoms in total. The summed E-state index contributed by atoms with van der Waals surface area (Å²) in [4.78, 5) is 12.2. The molecule has 4 heteroatoms. The van der Waals surface area contributed by atoms with Crippen LogP contribution in [0.3, 0.4) is 0 Å². The third-order valence-corrected chi connectivity index (χ3v) is 3.58. The molecule has 0 aliphatic rings. The molecule has 0 bridgehead atoms. The second kappa shape index (κ2) is 6.94. The van der Waals surface area contributed by atoms with Gasteiger partial charge in [-0.1, -0.05) is 53.3 Å². The van der Waals surface area contributed by atoms with E-state index in [1.165, 1.54) is 0 Å². The Balaban J connectivity index is 4.29. The molecule has 0 fully saturated rings. The Kier molecular flexibility index (Phi) is 6.68. The Labute approximate surface area is 111 Å². The van der Waals surface area contributed by atoms with Gasteiger partial charge in [0.15, 0.2) is 0 Å². The van der Waals surface area contributed by atoms with Crippen LogP contribution in [0.2, 0.25) is 0 Å². The van der Waals surface area contributed by atoms with Gasteiger partial charge in [-0.25, -0.2) is 0 Å². The third-order valence-electron chi connectivity index (χ3n) is 3.30. The SMILES string of the molecule is CCCC(C(=O)NCC(C)C(C)(C)C)C(N)=S. The molecular weight excluding hydrogens is 232 g/mol. The highest BCUT2D eigenvalue weighted by molar-refractivity contribution is 7.80. The summed E-state index contributed by atoms with van der Waals surface area (Å²) in [5, 5.41) is 2.95. The van der Waals surface area contributed by atoms with Crippen molar-refractivity contribution in [3.05, 3.63) is 0 Å². The van der Waals surface area contributed by atoms with Gasteiger partial charge in [0.1, 0.15) is 0 Å². The van der Waals surface area contributed by atoms with E-state index in [9.17, 15) is 4.79 Å². The number of carbonyl (C=O) groups is 1. The van der Waals surface area contributed by atoms with E-state index < -0.39 is 0 Å². The van der Waals surface area contributed by atoms with E-state index in [0.29, 0.717) is 17.5 Å². The first-order valence-electron chi connectivity index (χ1n) is 6.27. The summed E-state index contributed by atoms with van der Waals surface area (Å²) in [7, 11) is 0. The standard InChI is InChI=1S/C13H26N2OS/c1-6-7-10(11(14)17)12(16)15-8-9(2)13(3,4)5/h9-10H,6-8H2,1-5H3,(H2,14,17)(H,15,16). The summed E-state index contributed by atoms with van der Waals surface area (Å²) in [6.07, 6.45) is 1.63. The molecule has 0 aromatic rings. The molecule has 17 heavy (non-hydrogen) atoms. The second-order valence-corrected chi connectivity index (χ2v) is 6.23. The van der Waals surface area contributed by atoms with Gasteiger partial charge in [-0.2, -0.15) is 0 Å². The molecule has 0 aromatic heterocycles. The molecule has 2 unspecified atom stereocenters. The predicted molar refractivity (Wildman–Crippen MR) is 76.8 cm³/mol. The van der Waals surface area contributed by atoms with Gasteiger partial charge in [-0.05, 0) is 17.8 Å². The zero-order chi connectivity index (χ0) is 13.6. The van der Waals surface area contributed by atoms with Crippen LogP contribution in [-0.4, -0.2) is 17.4 Å². The van der Waals surface area contributed by atoms with Crippen LogP contribution in [0.4, 0.5) is 0 Å². The van der Waals surface area contributed by atoms with Gasteiger partial charge in [-0.3, -0.25) is 4.79 Å². The van der Waals surface area contributed by atoms with Crippen LogP contribution in [-0.2, 0) is 4.79 Å². The van der Waals surface area contributed by atoms with Crippen molar-refractivity contribution in [3.63, 3.8) is 0 Å². The van der Waals surface area contributed by atoms with Gasteiger partial charge in [0.2, 0.25) is 5.91 Å². The van der Waals surface area contributed by atoms with Crippen molar-refractivity contribution in [2.24, 2.45) is 23.0 Å². The molecule has 2 atom stereocenters. The lowest BCUT2D eigenvalue weighted by molar-refractivity contribution is -0.123. The number of hydrogen-bond acceptors (Lipinski definition) is 2. The van der Waals surface area contributed by atoms with E-state index >= 15 is 0 Å². The molecular formula is C13H26N2OS.